The third kappa shape index (κ3) is 4.76. The molecule has 0 N–H and O–H groups in total. The third-order valence-corrected chi connectivity index (χ3v) is 5.68. The van der Waals surface area contributed by atoms with Crippen molar-refractivity contribution in [1.29, 1.82) is 0 Å². The average molecular weight is 446 g/mol. The predicted octanol–water partition coefficient (Wildman–Crippen LogP) is 3.61. The Balaban J connectivity index is 1.51. The molecule has 0 aliphatic carbocycles. The number of carbonyl (C=O) groups excluding carboxylic acids is 1. The van der Waals surface area contributed by atoms with Crippen LogP contribution in [0.5, 0.6) is 0 Å². The molecule has 0 saturated carbocycles. The highest BCUT2D eigenvalue weighted by Gasteiger charge is 2.22. The average Bonchev–Trinajstić information content (AvgIpc) is 2.88. The van der Waals surface area contributed by atoms with Crippen LogP contribution < -0.4 is 0 Å². The fraction of sp³-hybridized carbons (Fsp3) is 0.412. The molecule has 2 heterocycles. The zero-order valence-corrected chi connectivity index (χ0v) is 17.0. The van der Waals surface area contributed by atoms with Crippen molar-refractivity contribution in [1.82, 2.24) is 19.6 Å². The van der Waals surface area contributed by atoms with E-state index in [-0.39, 0.29) is 12.5 Å². The van der Waals surface area contributed by atoms with Crippen LogP contribution in [0.4, 0.5) is 0 Å². The summed E-state index contributed by atoms with van der Waals surface area (Å²) in [5.74, 6) is 0.0965. The molecule has 0 unspecified atom stereocenters. The molecule has 5 nitrogen and oxygen atoms in total. The first-order valence-electron chi connectivity index (χ1n) is 8.06. The van der Waals surface area contributed by atoms with Crippen molar-refractivity contribution in [2.75, 3.05) is 26.2 Å². The van der Waals surface area contributed by atoms with Gasteiger partial charge < -0.3 is 4.90 Å². The number of aryl methyl sites for hydroxylation is 1. The number of hydrogen-bond donors (Lipinski definition) is 0. The van der Waals surface area contributed by atoms with E-state index in [1.165, 1.54) is 0 Å². The minimum atomic E-state index is 0.0965. The first kappa shape index (κ1) is 18.7. The van der Waals surface area contributed by atoms with Crippen LogP contribution in [0.3, 0.4) is 0 Å². The van der Waals surface area contributed by atoms with Gasteiger partial charge in [-0.25, -0.2) is 0 Å². The Hall–Kier alpha value is -1.08. The molecule has 0 atom stereocenters. The van der Waals surface area contributed by atoms with Crippen molar-refractivity contribution in [2.24, 2.45) is 0 Å². The first-order chi connectivity index (χ1) is 11.9. The molecule has 1 fully saturated rings. The zero-order chi connectivity index (χ0) is 18.0. The van der Waals surface area contributed by atoms with E-state index in [9.17, 15) is 4.79 Å². The second-order valence-corrected chi connectivity index (χ2v) is 7.85. The standard InChI is InChI=1S/C17H19BrCl2N4O/c1-12-15(18)10-24(21-12)11-17(25)23-6-4-22(5-7-23)9-13-2-3-14(19)8-16(13)20/h2-3,8,10H,4-7,9,11H2,1H3. The van der Waals surface area contributed by atoms with Gasteiger partial charge >= 0.3 is 0 Å². The smallest absolute Gasteiger partial charge is 0.244 e. The van der Waals surface area contributed by atoms with Crippen LogP contribution in [0.15, 0.2) is 28.9 Å². The van der Waals surface area contributed by atoms with Crippen LogP contribution >= 0.6 is 39.1 Å². The maximum atomic E-state index is 12.4. The number of benzene rings is 1. The van der Waals surface area contributed by atoms with Gasteiger partial charge in [0.1, 0.15) is 6.54 Å². The van der Waals surface area contributed by atoms with Crippen molar-refractivity contribution in [3.8, 4) is 0 Å². The van der Waals surface area contributed by atoms with Crippen molar-refractivity contribution in [3.05, 3.63) is 50.2 Å². The van der Waals surface area contributed by atoms with Crippen molar-refractivity contribution < 1.29 is 4.79 Å². The quantitative estimate of drug-likeness (QED) is 0.721. The number of aromatic nitrogens is 2. The molecular formula is C17H19BrCl2N4O. The highest BCUT2D eigenvalue weighted by Crippen LogP contribution is 2.22. The Morgan fingerprint density at radius 2 is 1.96 bits per heavy atom. The monoisotopic (exact) mass is 444 g/mol. The molecule has 0 spiro atoms. The van der Waals surface area contributed by atoms with E-state index in [0.717, 1.165) is 35.4 Å². The molecule has 1 aromatic heterocycles. The summed E-state index contributed by atoms with van der Waals surface area (Å²) in [6.45, 7) is 6.03. The lowest BCUT2D eigenvalue weighted by molar-refractivity contribution is -0.133. The number of halogens is 3. The summed E-state index contributed by atoms with van der Waals surface area (Å²) in [6, 6.07) is 5.58. The summed E-state index contributed by atoms with van der Waals surface area (Å²) < 4.78 is 2.60. The Morgan fingerprint density at radius 1 is 1.24 bits per heavy atom. The second-order valence-electron chi connectivity index (χ2n) is 6.15. The summed E-state index contributed by atoms with van der Waals surface area (Å²) in [4.78, 5) is 16.6. The number of rotatable bonds is 4. The fourth-order valence-corrected chi connectivity index (χ4v) is 3.64. The number of piperazine rings is 1. The van der Waals surface area contributed by atoms with Gasteiger partial charge in [0.25, 0.3) is 0 Å². The van der Waals surface area contributed by atoms with Crippen molar-refractivity contribution in [3.63, 3.8) is 0 Å². The van der Waals surface area contributed by atoms with E-state index in [0.29, 0.717) is 23.1 Å². The van der Waals surface area contributed by atoms with Crippen LogP contribution in [0, 0.1) is 6.92 Å². The highest BCUT2D eigenvalue weighted by molar-refractivity contribution is 9.10. The molecule has 1 amide bonds. The minimum Gasteiger partial charge on any atom is -0.339 e. The zero-order valence-electron chi connectivity index (χ0n) is 13.9. The molecule has 3 rings (SSSR count). The van der Waals surface area contributed by atoms with E-state index in [2.05, 4.69) is 25.9 Å². The molecule has 1 aliphatic heterocycles. The molecule has 0 radical (unpaired) electrons. The van der Waals surface area contributed by atoms with Crippen molar-refractivity contribution >= 4 is 45.0 Å². The Morgan fingerprint density at radius 3 is 2.56 bits per heavy atom. The minimum absolute atomic E-state index is 0.0965. The van der Waals surface area contributed by atoms with Gasteiger partial charge in [-0.15, -0.1) is 0 Å². The van der Waals surface area contributed by atoms with E-state index in [1.54, 1.807) is 10.7 Å². The molecule has 8 heteroatoms. The molecule has 0 bridgehead atoms. The number of carbonyl (C=O) groups is 1. The maximum absolute atomic E-state index is 12.4. The summed E-state index contributed by atoms with van der Waals surface area (Å²) in [7, 11) is 0. The summed E-state index contributed by atoms with van der Waals surface area (Å²) in [6.07, 6.45) is 1.84. The van der Waals surface area contributed by atoms with Gasteiger partial charge in [0.2, 0.25) is 5.91 Å². The van der Waals surface area contributed by atoms with Gasteiger partial charge in [0.05, 0.1) is 10.2 Å². The summed E-state index contributed by atoms with van der Waals surface area (Å²) in [5.41, 5.74) is 1.94. The molecule has 25 heavy (non-hydrogen) atoms. The molecule has 1 saturated heterocycles. The van der Waals surface area contributed by atoms with E-state index in [1.807, 2.05) is 30.2 Å². The molecule has 1 aromatic carbocycles. The lowest BCUT2D eigenvalue weighted by Gasteiger charge is -2.34. The Labute approximate surface area is 165 Å². The maximum Gasteiger partial charge on any atom is 0.244 e. The second kappa shape index (κ2) is 8.08. The topological polar surface area (TPSA) is 41.4 Å². The largest absolute Gasteiger partial charge is 0.339 e. The SMILES string of the molecule is Cc1nn(CC(=O)N2CCN(Cc3ccc(Cl)cc3Cl)CC2)cc1Br. The van der Waals surface area contributed by atoms with Gasteiger partial charge in [-0.3, -0.25) is 14.4 Å². The lowest BCUT2D eigenvalue weighted by Crippen LogP contribution is -2.49. The first-order valence-corrected chi connectivity index (χ1v) is 9.61. The van der Waals surface area contributed by atoms with Crippen LogP contribution in [-0.2, 0) is 17.9 Å². The molecule has 1 aliphatic rings. The van der Waals surface area contributed by atoms with Gasteiger partial charge in [-0.1, -0.05) is 29.3 Å². The van der Waals surface area contributed by atoms with Crippen LogP contribution in [-0.4, -0.2) is 51.7 Å². The predicted molar refractivity (Wildman–Crippen MR) is 103 cm³/mol. The normalized spacial score (nSPS) is 15.6. The van der Waals surface area contributed by atoms with Gasteiger partial charge in [-0.2, -0.15) is 5.10 Å². The molecule has 134 valence electrons. The molecular weight excluding hydrogens is 427 g/mol. The van der Waals surface area contributed by atoms with Gasteiger partial charge in [-0.05, 0) is 40.5 Å². The summed E-state index contributed by atoms with van der Waals surface area (Å²) in [5, 5.41) is 5.65. The Kier molecular flexibility index (Phi) is 6.04. The molecule has 2 aromatic rings. The Bertz CT molecular complexity index is 753. The van der Waals surface area contributed by atoms with Crippen LogP contribution in [0.1, 0.15) is 11.3 Å². The summed E-state index contributed by atoms with van der Waals surface area (Å²) >= 11 is 15.6. The van der Waals surface area contributed by atoms with Gasteiger partial charge in [0, 0.05) is 49.0 Å². The highest BCUT2D eigenvalue weighted by atomic mass is 79.9. The number of nitrogens with zero attached hydrogens (tertiary/aromatic N) is 4. The van der Waals surface area contributed by atoms with Gasteiger partial charge in [0.15, 0.2) is 0 Å². The van der Waals surface area contributed by atoms with E-state index >= 15 is 0 Å². The third-order valence-electron chi connectivity index (χ3n) is 4.32. The van der Waals surface area contributed by atoms with Crippen LogP contribution in [0.25, 0.3) is 0 Å². The van der Waals surface area contributed by atoms with Crippen LogP contribution in [0.2, 0.25) is 10.0 Å². The van der Waals surface area contributed by atoms with E-state index < -0.39 is 0 Å². The van der Waals surface area contributed by atoms with Crippen molar-refractivity contribution in [2.45, 2.75) is 20.0 Å². The lowest BCUT2D eigenvalue weighted by atomic mass is 10.2. The van der Waals surface area contributed by atoms with E-state index in [4.69, 9.17) is 23.2 Å². The number of hydrogen-bond acceptors (Lipinski definition) is 3. The fourth-order valence-electron chi connectivity index (χ4n) is 2.86. The number of amides is 1.